The van der Waals surface area contributed by atoms with Crippen LogP contribution < -0.4 is 4.74 Å². The Kier molecular flexibility index (Phi) is 6.72. The number of ether oxygens (including phenoxy) is 3. The summed E-state index contributed by atoms with van der Waals surface area (Å²) in [4.78, 5) is 39.6. The first kappa shape index (κ1) is 27.2. The van der Waals surface area contributed by atoms with E-state index in [0.717, 1.165) is 0 Å². The van der Waals surface area contributed by atoms with Crippen molar-refractivity contribution >= 4 is 17.3 Å². The maximum atomic E-state index is 14.9. The number of phenols is 2. The Morgan fingerprint density at radius 2 is 1.85 bits per heavy atom. The zero-order valence-electron chi connectivity index (χ0n) is 21.0. The smallest absolute Gasteiger partial charge is 0.202 e. The molecule has 0 spiro atoms. The van der Waals surface area contributed by atoms with Crippen LogP contribution in [0.2, 0.25) is 0 Å². The van der Waals surface area contributed by atoms with Crippen LogP contribution in [0.15, 0.2) is 18.2 Å². The number of carbonyl (C=O) groups excluding carboxylic acids is 3. The van der Waals surface area contributed by atoms with Gasteiger partial charge in [0.1, 0.15) is 29.5 Å². The standard InChI is InChI=1S/C27H27FO11/c1-10-6-13(30)21(28)26(38-10)39-15-8-27(36,16(31)9-29)7-12-18(15)25(35)20-19(23(12)33)22(32)11-4-3-5-14(37-2)17(11)24(20)34/h3-5,10,13,15,21,26,29-30,33,35-36H,6-9H2,1-2H3/t10-,13+,15-,21+,26-,27-/m0/s1. The second-order valence-electron chi connectivity index (χ2n) is 10.1. The van der Waals surface area contributed by atoms with E-state index in [1.54, 1.807) is 6.92 Å². The molecule has 0 unspecified atom stereocenters. The number of carbonyl (C=O) groups is 3. The maximum Gasteiger partial charge on any atom is 0.202 e. The number of phenolic OH excluding ortho intramolecular Hbond substituents is 2. The Bertz CT molecular complexity index is 1390. The molecule has 11 nitrogen and oxygen atoms in total. The molecule has 0 saturated carbocycles. The molecule has 1 saturated heterocycles. The number of benzene rings is 2. The quantitative estimate of drug-likeness (QED) is 0.288. The number of rotatable bonds is 5. The Morgan fingerprint density at radius 1 is 1.15 bits per heavy atom. The number of hydrogen-bond donors (Lipinski definition) is 5. The van der Waals surface area contributed by atoms with Gasteiger partial charge in [-0.2, -0.15) is 0 Å². The van der Waals surface area contributed by atoms with Crippen molar-refractivity contribution in [2.45, 2.75) is 62.6 Å². The first-order valence-electron chi connectivity index (χ1n) is 12.3. The van der Waals surface area contributed by atoms with Gasteiger partial charge in [-0.05, 0) is 13.0 Å². The molecule has 1 fully saturated rings. The van der Waals surface area contributed by atoms with E-state index in [9.17, 15) is 44.3 Å². The molecule has 12 heteroatoms. The molecule has 208 valence electrons. The summed E-state index contributed by atoms with van der Waals surface area (Å²) in [6.45, 7) is 0.489. The summed E-state index contributed by atoms with van der Waals surface area (Å²) in [5.74, 6) is -4.19. The van der Waals surface area contributed by atoms with Crippen LogP contribution in [0.3, 0.4) is 0 Å². The van der Waals surface area contributed by atoms with Crippen molar-refractivity contribution in [3.8, 4) is 17.2 Å². The van der Waals surface area contributed by atoms with E-state index in [0.29, 0.717) is 0 Å². The number of halogens is 1. The SMILES string of the molecule is COc1cccc2c1C(=O)c1c(O)c3c(c(O)c1C2=O)C[C@@](O)(C(=O)CO)C[C@@H]3O[C@@H]1O[C@@H](C)C[C@@H](O)[C@H]1F. The van der Waals surface area contributed by atoms with Crippen LogP contribution in [0, 0.1) is 0 Å². The second-order valence-corrected chi connectivity index (χ2v) is 10.1. The molecule has 0 radical (unpaired) electrons. The van der Waals surface area contributed by atoms with Gasteiger partial charge in [-0.15, -0.1) is 0 Å². The maximum absolute atomic E-state index is 14.9. The summed E-state index contributed by atoms with van der Waals surface area (Å²) < 4.78 is 31.4. The predicted molar refractivity (Wildman–Crippen MR) is 129 cm³/mol. The highest BCUT2D eigenvalue weighted by atomic mass is 19.1. The highest BCUT2D eigenvalue weighted by Gasteiger charge is 2.50. The van der Waals surface area contributed by atoms with Gasteiger partial charge in [0.25, 0.3) is 0 Å². The Labute approximate surface area is 221 Å². The van der Waals surface area contributed by atoms with E-state index in [-0.39, 0.29) is 34.4 Å². The molecule has 2 aromatic carbocycles. The number of aliphatic hydroxyl groups is 3. The van der Waals surface area contributed by atoms with E-state index in [2.05, 4.69) is 0 Å². The summed E-state index contributed by atoms with van der Waals surface area (Å²) in [6.07, 6.45) is -8.68. The average Bonchev–Trinajstić information content (AvgIpc) is 2.90. The van der Waals surface area contributed by atoms with Gasteiger partial charge >= 0.3 is 0 Å². The number of fused-ring (bicyclic) bond motifs is 3. The molecule has 2 aromatic rings. The van der Waals surface area contributed by atoms with E-state index >= 15 is 0 Å². The largest absolute Gasteiger partial charge is 0.507 e. The summed E-state index contributed by atoms with van der Waals surface area (Å²) in [5.41, 5.74) is -4.22. The summed E-state index contributed by atoms with van der Waals surface area (Å²) in [6, 6.07) is 4.27. The van der Waals surface area contributed by atoms with E-state index < -0.39 is 95.8 Å². The number of alkyl halides is 1. The van der Waals surface area contributed by atoms with Crippen LogP contribution >= 0.6 is 0 Å². The molecule has 1 heterocycles. The van der Waals surface area contributed by atoms with Crippen molar-refractivity contribution in [1.29, 1.82) is 0 Å². The van der Waals surface area contributed by atoms with E-state index in [4.69, 9.17) is 14.2 Å². The molecule has 6 atom stereocenters. The fourth-order valence-corrected chi connectivity index (χ4v) is 5.67. The van der Waals surface area contributed by atoms with E-state index in [1.807, 2.05) is 0 Å². The average molecular weight is 547 g/mol. The van der Waals surface area contributed by atoms with Crippen LogP contribution in [0.1, 0.15) is 68.8 Å². The third-order valence-corrected chi connectivity index (χ3v) is 7.60. The molecular weight excluding hydrogens is 519 g/mol. The van der Waals surface area contributed by atoms with Gasteiger partial charge in [0, 0.05) is 36.0 Å². The van der Waals surface area contributed by atoms with Crippen molar-refractivity contribution in [3.63, 3.8) is 0 Å². The van der Waals surface area contributed by atoms with Crippen molar-refractivity contribution in [3.05, 3.63) is 51.6 Å². The molecule has 39 heavy (non-hydrogen) atoms. The first-order chi connectivity index (χ1) is 18.4. The molecule has 1 aliphatic heterocycles. The number of aliphatic hydroxyl groups excluding tert-OH is 2. The lowest BCUT2D eigenvalue weighted by Crippen LogP contribution is -2.50. The van der Waals surface area contributed by atoms with Gasteiger partial charge in [-0.25, -0.2) is 4.39 Å². The third kappa shape index (κ3) is 4.10. The van der Waals surface area contributed by atoms with Crippen molar-refractivity contribution < 1.29 is 58.5 Å². The molecule has 2 aliphatic carbocycles. The fraction of sp³-hybridized carbons (Fsp3) is 0.444. The number of hydrogen-bond acceptors (Lipinski definition) is 11. The van der Waals surface area contributed by atoms with Crippen molar-refractivity contribution in [1.82, 2.24) is 0 Å². The number of methoxy groups -OCH3 is 1. The Balaban J connectivity index is 1.71. The van der Waals surface area contributed by atoms with Crippen molar-refractivity contribution in [2.75, 3.05) is 13.7 Å². The molecule has 0 bridgehead atoms. The van der Waals surface area contributed by atoms with Gasteiger partial charge < -0.3 is 39.7 Å². The fourth-order valence-electron chi connectivity index (χ4n) is 5.67. The highest BCUT2D eigenvalue weighted by molar-refractivity contribution is 6.31. The second kappa shape index (κ2) is 9.65. The minimum absolute atomic E-state index is 0.0212. The lowest BCUT2D eigenvalue weighted by Gasteiger charge is -2.42. The lowest BCUT2D eigenvalue weighted by molar-refractivity contribution is -0.268. The number of aromatic hydroxyl groups is 2. The van der Waals surface area contributed by atoms with Crippen LogP contribution in [0.4, 0.5) is 4.39 Å². The molecule has 0 aromatic heterocycles. The normalized spacial score (nSPS) is 29.8. The molecular formula is C27H27FO11. The van der Waals surface area contributed by atoms with Crippen LogP contribution in [0.5, 0.6) is 17.2 Å². The van der Waals surface area contributed by atoms with Crippen LogP contribution in [-0.4, -0.2) is 86.9 Å². The number of Topliss-reactive ketones (excluding diaryl/α,β-unsaturated/α-hetero) is 1. The summed E-state index contributed by atoms with van der Waals surface area (Å²) in [7, 11) is 1.29. The number of ketones is 3. The minimum atomic E-state index is -2.35. The van der Waals surface area contributed by atoms with Crippen LogP contribution in [0.25, 0.3) is 0 Å². The van der Waals surface area contributed by atoms with Crippen molar-refractivity contribution in [2.24, 2.45) is 0 Å². The molecule has 5 N–H and O–H groups in total. The highest BCUT2D eigenvalue weighted by Crippen LogP contribution is 2.52. The monoisotopic (exact) mass is 546 g/mol. The van der Waals surface area contributed by atoms with Gasteiger partial charge in [0.2, 0.25) is 5.78 Å². The lowest BCUT2D eigenvalue weighted by atomic mass is 9.72. The Hall–Kier alpha value is -3.42. The van der Waals surface area contributed by atoms with Gasteiger partial charge in [0.05, 0.1) is 42.1 Å². The molecule has 0 amide bonds. The predicted octanol–water partition coefficient (Wildman–Crippen LogP) is 1.01. The summed E-state index contributed by atoms with van der Waals surface area (Å²) >= 11 is 0. The molecule has 5 rings (SSSR count). The Morgan fingerprint density at radius 3 is 2.51 bits per heavy atom. The van der Waals surface area contributed by atoms with Gasteiger partial charge in [-0.3, -0.25) is 14.4 Å². The zero-order chi connectivity index (χ0) is 28.4. The first-order valence-corrected chi connectivity index (χ1v) is 12.3. The topological polar surface area (TPSA) is 180 Å². The van der Waals surface area contributed by atoms with Crippen LogP contribution in [-0.2, 0) is 20.7 Å². The third-order valence-electron chi connectivity index (χ3n) is 7.60. The van der Waals surface area contributed by atoms with Gasteiger partial charge in [-0.1, -0.05) is 12.1 Å². The summed E-state index contributed by atoms with van der Waals surface area (Å²) in [5, 5.41) is 53.4. The zero-order valence-corrected chi connectivity index (χ0v) is 21.0. The molecule has 3 aliphatic rings. The minimum Gasteiger partial charge on any atom is -0.507 e. The van der Waals surface area contributed by atoms with E-state index in [1.165, 1.54) is 25.3 Å². The van der Waals surface area contributed by atoms with Gasteiger partial charge in [0.15, 0.2) is 24.0 Å².